The van der Waals surface area contributed by atoms with Crippen LogP contribution in [0.4, 0.5) is 13.2 Å². The first kappa shape index (κ1) is 19.8. The number of amides is 2. The van der Waals surface area contributed by atoms with Crippen LogP contribution in [0.25, 0.3) is 0 Å². The molecule has 0 heterocycles. The first-order valence-corrected chi connectivity index (χ1v) is 7.09. The number of nitrogens with one attached hydrogen (secondary N) is 2. The number of rotatable bonds is 7. The maximum Gasteiger partial charge on any atom is 0.411 e. The van der Waals surface area contributed by atoms with Crippen molar-refractivity contribution in [3.8, 4) is 5.75 Å². The number of carbonyl (C=O) groups excluding carboxylic acids is 2. The highest BCUT2D eigenvalue weighted by molar-refractivity contribution is 5.82. The van der Waals surface area contributed by atoms with Gasteiger partial charge in [0.05, 0.1) is 13.0 Å². The Labute approximate surface area is 137 Å². The van der Waals surface area contributed by atoms with Crippen LogP contribution in [0.2, 0.25) is 0 Å². The number of halogens is 3. The zero-order valence-corrected chi connectivity index (χ0v) is 13.3. The van der Waals surface area contributed by atoms with Gasteiger partial charge < -0.3 is 9.47 Å². The van der Waals surface area contributed by atoms with Crippen molar-refractivity contribution >= 4 is 11.8 Å². The molecule has 0 fully saturated rings. The normalized spacial score (nSPS) is 11.0. The molecule has 0 saturated heterocycles. The van der Waals surface area contributed by atoms with Crippen LogP contribution in [0, 0.1) is 13.8 Å². The predicted octanol–water partition coefficient (Wildman–Crippen LogP) is 1.80. The Hall–Kier alpha value is -2.29. The van der Waals surface area contributed by atoms with E-state index in [1.807, 2.05) is 26.0 Å². The van der Waals surface area contributed by atoms with Crippen molar-refractivity contribution in [3.63, 3.8) is 0 Å². The van der Waals surface area contributed by atoms with Crippen LogP contribution in [0.15, 0.2) is 18.2 Å². The van der Waals surface area contributed by atoms with E-state index in [0.29, 0.717) is 5.75 Å². The predicted molar refractivity (Wildman–Crippen MR) is 79.2 cm³/mol. The molecule has 0 aromatic heterocycles. The summed E-state index contributed by atoms with van der Waals surface area (Å²) in [6, 6.07) is 5.54. The minimum atomic E-state index is -4.43. The van der Waals surface area contributed by atoms with Crippen LogP contribution < -0.4 is 15.6 Å². The Balaban J connectivity index is 2.21. The summed E-state index contributed by atoms with van der Waals surface area (Å²) in [4.78, 5) is 22.9. The van der Waals surface area contributed by atoms with Crippen LogP contribution in [-0.2, 0) is 14.3 Å². The maximum absolute atomic E-state index is 11.8. The van der Waals surface area contributed by atoms with Crippen molar-refractivity contribution in [2.24, 2.45) is 0 Å². The average molecular weight is 348 g/mol. The van der Waals surface area contributed by atoms with Crippen LogP contribution in [0.5, 0.6) is 5.75 Å². The number of benzene rings is 1. The SMILES string of the molecule is Cc1ccc(C)c(OCC(=O)NNC(=O)CCOCC(F)(F)F)c1. The molecule has 0 bridgehead atoms. The Kier molecular flexibility index (Phi) is 7.50. The Morgan fingerprint density at radius 2 is 1.79 bits per heavy atom. The van der Waals surface area contributed by atoms with Gasteiger partial charge in [0.2, 0.25) is 5.91 Å². The monoisotopic (exact) mass is 348 g/mol. The minimum absolute atomic E-state index is 0.310. The summed E-state index contributed by atoms with van der Waals surface area (Å²) in [5.74, 6) is -0.713. The standard InChI is InChI=1S/C15H19F3N2O4/c1-10-3-4-11(2)12(7-10)24-8-14(22)20-19-13(21)5-6-23-9-15(16,17)18/h3-4,7H,5-6,8-9H2,1-2H3,(H,19,21)(H,20,22). The molecule has 0 aliphatic rings. The van der Waals surface area contributed by atoms with Crippen molar-refractivity contribution in [2.75, 3.05) is 19.8 Å². The van der Waals surface area contributed by atoms with Gasteiger partial charge >= 0.3 is 6.18 Å². The third-order valence-corrected chi connectivity index (χ3v) is 2.78. The van der Waals surface area contributed by atoms with Gasteiger partial charge in [0.25, 0.3) is 5.91 Å². The lowest BCUT2D eigenvalue weighted by atomic mass is 10.1. The second kappa shape index (κ2) is 9.11. The Bertz CT molecular complexity index is 576. The smallest absolute Gasteiger partial charge is 0.411 e. The quantitative estimate of drug-likeness (QED) is 0.582. The van der Waals surface area contributed by atoms with Crippen molar-refractivity contribution in [2.45, 2.75) is 26.4 Å². The van der Waals surface area contributed by atoms with Gasteiger partial charge in [-0.1, -0.05) is 12.1 Å². The number of hydrogen-bond acceptors (Lipinski definition) is 4. The molecule has 0 unspecified atom stereocenters. The van der Waals surface area contributed by atoms with E-state index in [1.54, 1.807) is 6.07 Å². The molecule has 2 amide bonds. The summed E-state index contributed by atoms with van der Waals surface area (Å²) in [6.45, 7) is 1.58. The Morgan fingerprint density at radius 1 is 1.12 bits per heavy atom. The van der Waals surface area contributed by atoms with Gasteiger partial charge in [0.1, 0.15) is 12.4 Å². The molecule has 1 aromatic rings. The van der Waals surface area contributed by atoms with E-state index < -0.39 is 31.2 Å². The second-order valence-electron chi connectivity index (χ2n) is 5.07. The van der Waals surface area contributed by atoms with Gasteiger partial charge in [-0.3, -0.25) is 20.4 Å². The van der Waals surface area contributed by atoms with Gasteiger partial charge in [-0.2, -0.15) is 13.2 Å². The minimum Gasteiger partial charge on any atom is -0.483 e. The number of hydrazine groups is 1. The first-order chi connectivity index (χ1) is 11.2. The van der Waals surface area contributed by atoms with E-state index in [0.717, 1.165) is 11.1 Å². The average Bonchev–Trinajstić information content (AvgIpc) is 2.49. The lowest BCUT2D eigenvalue weighted by Gasteiger charge is -2.11. The van der Waals surface area contributed by atoms with Gasteiger partial charge in [-0.15, -0.1) is 0 Å². The lowest BCUT2D eigenvalue weighted by molar-refractivity contribution is -0.174. The van der Waals surface area contributed by atoms with Crippen LogP contribution in [-0.4, -0.2) is 37.8 Å². The summed E-state index contributed by atoms with van der Waals surface area (Å²) in [6.07, 6.45) is -4.75. The summed E-state index contributed by atoms with van der Waals surface area (Å²) < 4.78 is 45.1. The molecule has 1 aromatic carbocycles. The molecule has 0 saturated carbocycles. The van der Waals surface area contributed by atoms with Crippen molar-refractivity contribution < 1.29 is 32.2 Å². The van der Waals surface area contributed by atoms with Crippen molar-refractivity contribution in [3.05, 3.63) is 29.3 Å². The van der Waals surface area contributed by atoms with E-state index in [9.17, 15) is 22.8 Å². The van der Waals surface area contributed by atoms with E-state index >= 15 is 0 Å². The molecule has 9 heteroatoms. The zero-order chi connectivity index (χ0) is 18.2. The third-order valence-electron chi connectivity index (χ3n) is 2.78. The van der Waals surface area contributed by atoms with Gasteiger partial charge in [0, 0.05) is 0 Å². The van der Waals surface area contributed by atoms with Crippen molar-refractivity contribution in [1.29, 1.82) is 0 Å². The Morgan fingerprint density at radius 3 is 2.46 bits per heavy atom. The highest BCUT2D eigenvalue weighted by Crippen LogP contribution is 2.18. The van der Waals surface area contributed by atoms with Crippen LogP contribution in [0.3, 0.4) is 0 Å². The molecule has 0 spiro atoms. The fourth-order valence-electron chi connectivity index (χ4n) is 1.60. The van der Waals surface area contributed by atoms with E-state index in [2.05, 4.69) is 15.6 Å². The summed E-state index contributed by atoms with van der Waals surface area (Å²) in [5.41, 5.74) is 6.00. The van der Waals surface area contributed by atoms with E-state index in [-0.39, 0.29) is 13.0 Å². The van der Waals surface area contributed by atoms with Gasteiger partial charge in [0.15, 0.2) is 6.61 Å². The number of carbonyl (C=O) groups is 2. The topological polar surface area (TPSA) is 76.7 Å². The molecule has 24 heavy (non-hydrogen) atoms. The number of alkyl halides is 3. The molecule has 2 N–H and O–H groups in total. The molecule has 0 aliphatic heterocycles. The molecular weight excluding hydrogens is 329 g/mol. The molecule has 1 rings (SSSR count). The van der Waals surface area contributed by atoms with Crippen LogP contribution >= 0.6 is 0 Å². The molecular formula is C15H19F3N2O4. The number of aryl methyl sites for hydroxylation is 2. The lowest BCUT2D eigenvalue weighted by Crippen LogP contribution is -2.44. The highest BCUT2D eigenvalue weighted by atomic mass is 19.4. The van der Waals surface area contributed by atoms with Gasteiger partial charge in [-0.05, 0) is 31.0 Å². The fraction of sp³-hybridized carbons (Fsp3) is 0.467. The molecule has 0 atom stereocenters. The third kappa shape index (κ3) is 8.37. The molecule has 0 radical (unpaired) electrons. The molecule has 6 nitrogen and oxygen atoms in total. The zero-order valence-electron chi connectivity index (χ0n) is 13.3. The second-order valence-corrected chi connectivity index (χ2v) is 5.07. The van der Waals surface area contributed by atoms with Gasteiger partial charge in [-0.25, -0.2) is 0 Å². The number of hydrogen-bond donors (Lipinski definition) is 2. The largest absolute Gasteiger partial charge is 0.483 e. The van der Waals surface area contributed by atoms with E-state index in [1.165, 1.54) is 0 Å². The summed E-state index contributed by atoms with van der Waals surface area (Å²) in [7, 11) is 0. The molecule has 134 valence electrons. The summed E-state index contributed by atoms with van der Waals surface area (Å²) >= 11 is 0. The maximum atomic E-state index is 11.8. The molecule has 0 aliphatic carbocycles. The summed E-state index contributed by atoms with van der Waals surface area (Å²) in [5, 5.41) is 0. The highest BCUT2D eigenvalue weighted by Gasteiger charge is 2.27. The van der Waals surface area contributed by atoms with E-state index in [4.69, 9.17) is 4.74 Å². The van der Waals surface area contributed by atoms with Crippen molar-refractivity contribution in [1.82, 2.24) is 10.9 Å². The van der Waals surface area contributed by atoms with Crippen LogP contribution in [0.1, 0.15) is 17.5 Å². The fourth-order valence-corrected chi connectivity index (χ4v) is 1.60. The first-order valence-electron chi connectivity index (χ1n) is 7.09. The number of ether oxygens (including phenoxy) is 2.